The van der Waals surface area contributed by atoms with Crippen molar-refractivity contribution in [3.8, 4) is 17.7 Å². The fraction of sp³-hybridized carbons (Fsp3) is 0.0714. The summed E-state index contributed by atoms with van der Waals surface area (Å²) in [5.41, 5.74) is 6.42. The van der Waals surface area contributed by atoms with Gasteiger partial charge in [-0.3, -0.25) is 0 Å². The van der Waals surface area contributed by atoms with E-state index >= 15 is 0 Å². The maximum absolute atomic E-state index is 11.4. The highest BCUT2D eigenvalue weighted by Gasteiger charge is 2.13. The molecule has 0 saturated carbocycles. The molecule has 0 atom stereocenters. The van der Waals surface area contributed by atoms with E-state index in [-0.39, 0.29) is 17.3 Å². The highest BCUT2D eigenvalue weighted by Crippen LogP contribution is 2.27. The Morgan fingerprint density at radius 3 is 2.75 bits per heavy atom. The molecule has 1 aromatic carbocycles. The van der Waals surface area contributed by atoms with Crippen LogP contribution in [0.15, 0.2) is 36.4 Å². The molecule has 1 heterocycles. The lowest BCUT2D eigenvalue weighted by molar-refractivity contribution is 0.0593. The van der Waals surface area contributed by atoms with E-state index in [1.165, 1.54) is 19.2 Å². The van der Waals surface area contributed by atoms with Gasteiger partial charge in [-0.2, -0.15) is 5.26 Å². The molecule has 1 aromatic heterocycles. The van der Waals surface area contributed by atoms with E-state index in [9.17, 15) is 4.79 Å². The van der Waals surface area contributed by atoms with Crippen molar-refractivity contribution >= 4 is 11.7 Å². The predicted octanol–water partition coefficient (Wildman–Crippen LogP) is 2.11. The minimum Gasteiger partial charge on any atom is -0.464 e. The molecule has 0 unspecified atom stereocenters. The predicted molar refractivity (Wildman–Crippen MR) is 71.2 cm³/mol. The molecule has 2 N–H and O–H groups in total. The zero-order chi connectivity index (χ0) is 14.5. The minimum absolute atomic E-state index is 0.0515. The Labute approximate surface area is 115 Å². The molecular weight excluding hydrogens is 258 g/mol. The van der Waals surface area contributed by atoms with Crippen molar-refractivity contribution < 1.29 is 14.3 Å². The van der Waals surface area contributed by atoms with Crippen LogP contribution in [0.4, 0.5) is 5.69 Å². The average Bonchev–Trinajstić information content (AvgIpc) is 2.49. The van der Waals surface area contributed by atoms with Gasteiger partial charge in [0.1, 0.15) is 11.8 Å². The number of nitriles is 1. The largest absolute Gasteiger partial charge is 0.464 e. The summed E-state index contributed by atoms with van der Waals surface area (Å²) in [6.45, 7) is 0. The van der Waals surface area contributed by atoms with Gasteiger partial charge in [0, 0.05) is 0 Å². The highest BCUT2D eigenvalue weighted by molar-refractivity contribution is 5.87. The summed E-state index contributed by atoms with van der Waals surface area (Å²) in [7, 11) is 1.26. The summed E-state index contributed by atoms with van der Waals surface area (Å²) in [6.07, 6.45) is 0. The summed E-state index contributed by atoms with van der Waals surface area (Å²) < 4.78 is 10.1. The molecule has 2 aromatic rings. The van der Waals surface area contributed by atoms with Crippen molar-refractivity contribution in [2.24, 2.45) is 0 Å². The normalized spacial score (nSPS) is 9.60. The number of aromatic nitrogens is 1. The average molecular weight is 269 g/mol. The van der Waals surface area contributed by atoms with Crippen LogP contribution in [0.1, 0.15) is 16.1 Å². The number of carbonyl (C=O) groups excluding carboxylic acids is 1. The number of benzene rings is 1. The van der Waals surface area contributed by atoms with E-state index in [4.69, 9.17) is 15.7 Å². The molecule has 0 spiro atoms. The number of carbonyl (C=O) groups is 1. The lowest BCUT2D eigenvalue weighted by Crippen LogP contribution is -2.06. The Morgan fingerprint density at radius 1 is 1.30 bits per heavy atom. The number of methoxy groups -OCH3 is 1. The summed E-state index contributed by atoms with van der Waals surface area (Å²) in [5.74, 6) is -0.227. The van der Waals surface area contributed by atoms with Crippen molar-refractivity contribution in [3.05, 3.63) is 47.7 Å². The zero-order valence-electron chi connectivity index (χ0n) is 10.7. The fourth-order valence-electron chi connectivity index (χ4n) is 1.50. The standard InChI is InChI=1S/C14H11N3O3/c1-19-14(18)11-7-6-10(16)13(17-11)20-12-5-3-2-4-9(12)8-15/h2-7H,16H2,1H3. The number of esters is 1. The van der Waals surface area contributed by atoms with Crippen LogP contribution in [-0.4, -0.2) is 18.1 Å². The van der Waals surface area contributed by atoms with Crippen LogP contribution < -0.4 is 10.5 Å². The molecule has 0 bridgehead atoms. The number of ether oxygens (including phenoxy) is 2. The molecule has 0 saturated heterocycles. The second kappa shape index (κ2) is 5.71. The highest BCUT2D eigenvalue weighted by atomic mass is 16.5. The number of hydrogen-bond donors (Lipinski definition) is 1. The summed E-state index contributed by atoms with van der Waals surface area (Å²) in [4.78, 5) is 15.4. The number of nitrogens with zero attached hydrogens (tertiary/aromatic N) is 2. The summed E-state index contributed by atoms with van der Waals surface area (Å²) in [6, 6.07) is 11.6. The second-order valence-electron chi connectivity index (χ2n) is 3.79. The molecule has 0 amide bonds. The van der Waals surface area contributed by atoms with Gasteiger partial charge in [-0.05, 0) is 24.3 Å². The first-order chi connectivity index (χ1) is 9.65. The Kier molecular flexibility index (Phi) is 3.82. The van der Waals surface area contributed by atoms with Crippen LogP contribution in [0, 0.1) is 11.3 Å². The van der Waals surface area contributed by atoms with Crippen molar-refractivity contribution in [1.82, 2.24) is 4.98 Å². The van der Waals surface area contributed by atoms with Crippen molar-refractivity contribution in [1.29, 1.82) is 5.26 Å². The lowest BCUT2D eigenvalue weighted by Gasteiger charge is -2.09. The first-order valence-corrected chi connectivity index (χ1v) is 5.67. The zero-order valence-corrected chi connectivity index (χ0v) is 10.7. The van der Waals surface area contributed by atoms with Gasteiger partial charge >= 0.3 is 5.97 Å². The van der Waals surface area contributed by atoms with Crippen LogP contribution in [0.3, 0.4) is 0 Å². The molecule has 0 fully saturated rings. The molecule has 0 aliphatic carbocycles. The van der Waals surface area contributed by atoms with Gasteiger partial charge in [0.25, 0.3) is 0 Å². The molecule has 0 aliphatic rings. The molecule has 0 aliphatic heterocycles. The van der Waals surface area contributed by atoms with E-state index in [0.717, 1.165) is 0 Å². The van der Waals surface area contributed by atoms with E-state index < -0.39 is 5.97 Å². The van der Waals surface area contributed by atoms with Gasteiger partial charge in [0.05, 0.1) is 18.4 Å². The Bertz CT molecular complexity index is 692. The number of nitrogens with two attached hydrogens (primary N) is 1. The molecule has 6 nitrogen and oxygen atoms in total. The van der Waals surface area contributed by atoms with Gasteiger partial charge in [-0.25, -0.2) is 9.78 Å². The maximum atomic E-state index is 11.4. The fourth-order valence-corrected chi connectivity index (χ4v) is 1.50. The number of rotatable bonds is 3. The first-order valence-electron chi connectivity index (χ1n) is 5.67. The molecule has 20 heavy (non-hydrogen) atoms. The van der Waals surface area contributed by atoms with Crippen LogP contribution in [0.2, 0.25) is 0 Å². The van der Waals surface area contributed by atoms with E-state index in [1.54, 1.807) is 24.3 Å². The van der Waals surface area contributed by atoms with Crippen LogP contribution >= 0.6 is 0 Å². The third kappa shape index (κ3) is 2.67. The summed E-state index contributed by atoms with van der Waals surface area (Å²) in [5, 5.41) is 8.99. The van der Waals surface area contributed by atoms with Crippen molar-refractivity contribution in [2.75, 3.05) is 12.8 Å². The Balaban J connectivity index is 2.38. The third-order valence-corrected chi connectivity index (χ3v) is 2.50. The first kappa shape index (κ1) is 13.4. The number of nitrogen functional groups attached to an aromatic ring is 1. The number of hydrogen-bond acceptors (Lipinski definition) is 6. The minimum atomic E-state index is -0.594. The molecule has 0 radical (unpaired) electrons. The maximum Gasteiger partial charge on any atom is 0.356 e. The second-order valence-corrected chi connectivity index (χ2v) is 3.79. The van der Waals surface area contributed by atoms with Crippen LogP contribution in [0.25, 0.3) is 0 Å². The Hall–Kier alpha value is -3.07. The third-order valence-electron chi connectivity index (χ3n) is 2.50. The summed E-state index contributed by atoms with van der Waals surface area (Å²) >= 11 is 0. The molecular formula is C14H11N3O3. The topological polar surface area (TPSA) is 98.2 Å². The lowest BCUT2D eigenvalue weighted by atomic mass is 10.2. The van der Waals surface area contributed by atoms with Gasteiger partial charge in [0.2, 0.25) is 5.88 Å². The SMILES string of the molecule is COC(=O)c1ccc(N)c(Oc2ccccc2C#N)n1. The van der Waals surface area contributed by atoms with E-state index in [0.29, 0.717) is 11.3 Å². The number of anilines is 1. The van der Waals surface area contributed by atoms with Gasteiger partial charge in [-0.1, -0.05) is 12.1 Å². The van der Waals surface area contributed by atoms with Crippen molar-refractivity contribution in [2.45, 2.75) is 0 Å². The number of para-hydroxylation sites is 1. The van der Waals surface area contributed by atoms with Crippen LogP contribution in [0.5, 0.6) is 11.6 Å². The van der Waals surface area contributed by atoms with Crippen molar-refractivity contribution in [3.63, 3.8) is 0 Å². The quantitative estimate of drug-likeness (QED) is 0.857. The Morgan fingerprint density at radius 2 is 2.05 bits per heavy atom. The van der Waals surface area contributed by atoms with Gasteiger partial charge < -0.3 is 15.2 Å². The van der Waals surface area contributed by atoms with E-state index in [2.05, 4.69) is 9.72 Å². The molecule has 100 valence electrons. The van der Waals surface area contributed by atoms with Crippen LogP contribution in [-0.2, 0) is 4.74 Å². The van der Waals surface area contributed by atoms with Gasteiger partial charge in [-0.15, -0.1) is 0 Å². The molecule has 2 rings (SSSR count). The molecule has 6 heteroatoms. The van der Waals surface area contributed by atoms with E-state index in [1.807, 2.05) is 6.07 Å². The van der Waals surface area contributed by atoms with Gasteiger partial charge in [0.15, 0.2) is 5.69 Å². The smallest absolute Gasteiger partial charge is 0.356 e. The monoisotopic (exact) mass is 269 g/mol. The number of pyridine rings is 1.